The normalized spacial score (nSPS) is 26.9. The molecule has 0 bridgehead atoms. The molecule has 0 spiro atoms. The predicted molar refractivity (Wildman–Crippen MR) is 76.9 cm³/mol. The molecule has 2 aliphatic rings. The molecule has 98 valence electrons. The Hall–Kier alpha value is -0.820. The summed E-state index contributed by atoms with van der Waals surface area (Å²) in [5, 5.41) is 3.70. The summed E-state index contributed by atoms with van der Waals surface area (Å²) in [6.07, 6.45) is 8.11. The molecule has 2 fully saturated rings. The molecule has 18 heavy (non-hydrogen) atoms. The van der Waals surface area contributed by atoms with Crippen LogP contribution in [0.3, 0.4) is 0 Å². The van der Waals surface area contributed by atoms with Crippen molar-refractivity contribution >= 4 is 0 Å². The molecule has 2 unspecified atom stereocenters. The Morgan fingerprint density at radius 3 is 2.72 bits per heavy atom. The highest BCUT2D eigenvalue weighted by atomic mass is 14.9. The van der Waals surface area contributed by atoms with Crippen molar-refractivity contribution in [2.75, 3.05) is 6.54 Å². The monoisotopic (exact) mass is 243 g/mol. The molecule has 1 aromatic carbocycles. The van der Waals surface area contributed by atoms with E-state index in [-0.39, 0.29) is 0 Å². The first-order valence-corrected chi connectivity index (χ1v) is 7.69. The maximum atomic E-state index is 3.70. The van der Waals surface area contributed by atoms with Crippen LogP contribution in [0.4, 0.5) is 0 Å². The van der Waals surface area contributed by atoms with Gasteiger partial charge in [-0.25, -0.2) is 0 Å². The van der Waals surface area contributed by atoms with Gasteiger partial charge in [0, 0.05) is 6.04 Å². The standard InChI is InChI=1S/C17H25N/c1-2-4-13-5-3-6-14(11-13)17-10-7-15(17)12-18-16-8-9-16/h3,5-6,11,15-18H,2,4,7-10,12H2,1H3. The minimum atomic E-state index is 0.827. The van der Waals surface area contributed by atoms with Gasteiger partial charge < -0.3 is 5.32 Å². The summed E-state index contributed by atoms with van der Waals surface area (Å²) in [7, 11) is 0. The van der Waals surface area contributed by atoms with Gasteiger partial charge in [0.25, 0.3) is 0 Å². The van der Waals surface area contributed by atoms with Gasteiger partial charge >= 0.3 is 0 Å². The van der Waals surface area contributed by atoms with Gasteiger partial charge in [-0.05, 0) is 61.6 Å². The number of hydrogen-bond acceptors (Lipinski definition) is 1. The van der Waals surface area contributed by atoms with Crippen molar-refractivity contribution < 1.29 is 0 Å². The van der Waals surface area contributed by atoms with E-state index in [2.05, 4.69) is 36.5 Å². The minimum Gasteiger partial charge on any atom is -0.314 e. The molecular formula is C17H25N. The Morgan fingerprint density at radius 1 is 1.17 bits per heavy atom. The van der Waals surface area contributed by atoms with Crippen molar-refractivity contribution in [3.05, 3.63) is 35.4 Å². The number of hydrogen-bond donors (Lipinski definition) is 1. The first-order valence-electron chi connectivity index (χ1n) is 7.69. The van der Waals surface area contributed by atoms with Crippen molar-refractivity contribution in [2.24, 2.45) is 5.92 Å². The van der Waals surface area contributed by atoms with Crippen LogP contribution in [0.5, 0.6) is 0 Å². The van der Waals surface area contributed by atoms with E-state index < -0.39 is 0 Å². The van der Waals surface area contributed by atoms with E-state index in [1.165, 1.54) is 50.6 Å². The maximum Gasteiger partial charge on any atom is 0.00683 e. The molecule has 1 nitrogen and oxygen atoms in total. The van der Waals surface area contributed by atoms with Crippen molar-refractivity contribution in [3.63, 3.8) is 0 Å². The molecule has 3 rings (SSSR count). The molecular weight excluding hydrogens is 218 g/mol. The molecule has 2 atom stereocenters. The first kappa shape index (κ1) is 12.2. The van der Waals surface area contributed by atoms with Crippen molar-refractivity contribution in [1.29, 1.82) is 0 Å². The van der Waals surface area contributed by atoms with Crippen LogP contribution in [0.2, 0.25) is 0 Å². The summed E-state index contributed by atoms with van der Waals surface area (Å²) in [5.74, 6) is 1.72. The fraction of sp³-hybridized carbons (Fsp3) is 0.647. The molecule has 0 saturated heterocycles. The van der Waals surface area contributed by atoms with Gasteiger partial charge in [-0.2, -0.15) is 0 Å². The van der Waals surface area contributed by atoms with E-state index in [1.807, 2.05) is 0 Å². The predicted octanol–water partition coefficient (Wildman–Crippen LogP) is 3.88. The zero-order valence-electron chi connectivity index (χ0n) is 11.5. The van der Waals surface area contributed by atoms with Crippen LogP contribution in [0.1, 0.15) is 56.1 Å². The zero-order valence-corrected chi connectivity index (χ0v) is 11.5. The van der Waals surface area contributed by atoms with Crippen LogP contribution in [-0.4, -0.2) is 12.6 Å². The Morgan fingerprint density at radius 2 is 2.06 bits per heavy atom. The van der Waals surface area contributed by atoms with E-state index in [0.29, 0.717) is 0 Å². The molecule has 2 saturated carbocycles. The second-order valence-corrected chi connectivity index (χ2v) is 6.12. The lowest BCUT2D eigenvalue weighted by Gasteiger charge is -2.37. The van der Waals surface area contributed by atoms with Gasteiger partial charge in [0.05, 0.1) is 0 Å². The smallest absolute Gasteiger partial charge is 0.00683 e. The van der Waals surface area contributed by atoms with Crippen molar-refractivity contribution in [2.45, 2.75) is 57.4 Å². The second kappa shape index (κ2) is 5.44. The van der Waals surface area contributed by atoms with E-state index >= 15 is 0 Å². The van der Waals surface area contributed by atoms with Gasteiger partial charge in [0.2, 0.25) is 0 Å². The molecule has 0 aliphatic heterocycles. The van der Waals surface area contributed by atoms with Gasteiger partial charge in [0.1, 0.15) is 0 Å². The number of benzene rings is 1. The summed E-state index contributed by atoms with van der Waals surface area (Å²) < 4.78 is 0. The molecule has 0 radical (unpaired) electrons. The fourth-order valence-electron chi connectivity index (χ4n) is 3.13. The summed E-state index contributed by atoms with van der Waals surface area (Å²) >= 11 is 0. The number of aryl methyl sites for hydroxylation is 1. The van der Waals surface area contributed by atoms with E-state index in [4.69, 9.17) is 0 Å². The van der Waals surface area contributed by atoms with Gasteiger partial charge in [-0.3, -0.25) is 0 Å². The Balaban J connectivity index is 1.60. The Labute approximate surface area is 111 Å². The molecule has 0 aromatic heterocycles. The minimum absolute atomic E-state index is 0.827. The maximum absolute atomic E-state index is 3.70. The summed E-state index contributed by atoms with van der Waals surface area (Å²) in [6, 6.07) is 10.2. The molecule has 0 amide bonds. The van der Waals surface area contributed by atoms with Crippen LogP contribution in [0.15, 0.2) is 24.3 Å². The lowest BCUT2D eigenvalue weighted by atomic mass is 9.69. The third-order valence-electron chi connectivity index (χ3n) is 4.58. The van der Waals surface area contributed by atoms with Crippen LogP contribution in [-0.2, 0) is 6.42 Å². The average Bonchev–Trinajstić information content (AvgIpc) is 3.13. The highest BCUT2D eigenvalue weighted by Gasteiger charge is 2.33. The SMILES string of the molecule is CCCc1cccc(C2CCC2CNC2CC2)c1. The lowest BCUT2D eigenvalue weighted by molar-refractivity contribution is 0.245. The summed E-state index contributed by atoms with van der Waals surface area (Å²) in [6.45, 7) is 3.51. The first-order chi connectivity index (χ1) is 8.86. The summed E-state index contributed by atoms with van der Waals surface area (Å²) in [4.78, 5) is 0. The van der Waals surface area contributed by atoms with Crippen LogP contribution < -0.4 is 5.32 Å². The van der Waals surface area contributed by atoms with Crippen molar-refractivity contribution in [1.82, 2.24) is 5.32 Å². The van der Waals surface area contributed by atoms with E-state index in [0.717, 1.165) is 17.9 Å². The molecule has 1 N–H and O–H groups in total. The lowest BCUT2D eigenvalue weighted by Crippen LogP contribution is -2.34. The van der Waals surface area contributed by atoms with Crippen LogP contribution >= 0.6 is 0 Å². The number of rotatable bonds is 6. The third-order valence-corrected chi connectivity index (χ3v) is 4.58. The Bertz CT molecular complexity index is 394. The Kier molecular flexibility index (Phi) is 3.69. The quantitative estimate of drug-likeness (QED) is 0.799. The third kappa shape index (κ3) is 2.77. The van der Waals surface area contributed by atoms with E-state index in [1.54, 1.807) is 5.56 Å². The van der Waals surface area contributed by atoms with Gasteiger partial charge in [0.15, 0.2) is 0 Å². The van der Waals surface area contributed by atoms with Crippen LogP contribution in [0.25, 0.3) is 0 Å². The fourth-order valence-corrected chi connectivity index (χ4v) is 3.13. The molecule has 2 aliphatic carbocycles. The molecule has 1 heteroatoms. The van der Waals surface area contributed by atoms with Crippen LogP contribution in [0, 0.1) is 5.92 Å². The highest BCUT2D eigenvalue weighted by Crippen LogP contribution is 2.42. The largest absolute Gasteiger partial charge is 0.314 e. The molecule has 1 aromatic rings. The second-order valence-electron chi connectivity index (χ2n) is 6.12. The van der Waals surface area contributed by atoms with E-state index in [9.17, 15) is 0 Å². The zero-order chi connectivity index (χ0) is 12.4. The van der Waals surface area contributed by atoms with Gasteiger partial charge in [-0.15, -0.1) is 0 Å². The average molecular weight is 243 g/mol. The van der Waals surface area contributed by atoms with Crippen molar-refractivity contribution in [3.8, 4) is 0 Å². The van der Waals surface area contributed by atoms with Gasteiger partial charge in [-0.1, -0.05) is 37.6 Å². The topological polar surface area (TPSA) is 12.0 Å². The number of nitrogens with one attached hydrogen (secondary N) is 1. The summed E-state index contributed by atoms with van der Waals surface area (Å²) in [5.41, 5.74) is 3.12. The highest BCUT2D eigenvalue weighted by molar-refractivity contribution is 5.28. The molecule has 0 heterocycles.